The van der Waals surface area contributed by atoms with Crippen LogP contribution in [0.2, 0.25) is 10.0 Å². The van der Waals surface area contributed by atoms with E-state index < -0.39 is 18.5 Å². The summed E-state index contributed by atoms with van der Waals surface area (Å²) < 4.78 is 10.2. The van der Waals surface area contributed by atoms with Gasteiger partial charge in [-0.3, -0.25) is 4.79 Å². The van der Waals surface area contributed by atoms with Crippen molar-refractivity contribution in [3.8, 4) is 11.8 Å². The van der Waals surface area contributed by atoms with Gasteiger partial charge < -0.3 is 14.8 Å². The van der Waals surface area contributed by atoms with E-state index in [1.807, 2.05) is 6.07 Å². The van der Waals surface area contributed by atoms with Gasteiger partial charge in [0, 0.05) is 10.7 Å². The first-order valence-corrected chi connectivity index (χ1v) is 8.18. The molecular formula is C18H14Cl2N2O4. The number of anilines is 1. The second kappa shape index (κ2) is 9.09. The normalized spacial score (nSPS) is 9.92. The first-order chi connectivity index (χ1) is 12.4. The number of aryl methyl sites for hydroxylation is 1. The maximum Gasteiger partial charge on any atom is 0.344 e. The van der Waals surface area contributed by atoms with E-state index in [2.05, 4.69) is 5.32 Å². The summed E-state index contributed by atoms with van der Waals surface area (Å²) in [4.78, 5) is 23.5. The lowest BCUT2D eigenvalue weighted by atomic mass is 10.2. The summed E-state index contributed by atoms with van der Waals surface area (Å²) in [7, 11) is 0. The number of carbonyl (C=O) groups excluding carboxylic acids is 2. The summed E-state index contributed by atoms with van der Waals surface area (Å²) >= 11 is 11.7. The molecule has 2 rings (SSSR count). The maximum absolute atomic E-state index is 11.8. The number of amides is 1. The van der Waals surface area contributed by atoms with Crippen molar-refractivity contribution >= 4 is 40.8 Å². The van der Waals surface area contributed by atoms with E-state index in [1.165, 1.54) is 18.2 Å². The zero-order valence-corrected chi connectivity index (χ0v) is 15.2. The van der Waals surface area contributed by atoms with Gasteiger partial charge in [0.2, 0.25) is 0 Å². The first-order valence-electron chi connectivity index (χ1n) is 7.43. The molecule has 0 radical (unpaired) electrons. The number of esters is 1. The number of carbonyl (C=O) groups is 2. The molecule has 0 saturated carbocycles. The minimum atomic E-state index is -0.688. The topological polar surface area (TPSA) is 88.4 Å². The highest BCUT2D eigenvalue weighted by molar-refractivity contribution is 6.32. The smallest absolute Gasteiger partial charge is 0.344 e. The van der Waals surface area contributed by atoms with Gasteiger partial charge in [0.1, 0.15) is 11.8 Å². The van der Waals surface area contributed by atoms with Crippen LogP contribution in [0.4, 0.5) is 5.69 Å². The van der Waals surface area contributed by atoms with E-state index >= 15 is 0 Å². The van der Waals surface area contributed by atoms with E-state index in [1.54, 1.807) is 25.1 Å². The van der Waals surface area contributed by atoms with Crippen molar-refractivity contribution in [3.63, 3.8) is 0 Å². The van der Waals surface area contributed by atoms with Crippen LogP contribution in [0.25, 0.3) is 0 Å². The number of halogens is 2. The molecule has 1 amide bonds. The molecule has 8 heteroatoms. The molecule has 0 aromatic heterocycles. The molecule has 0 bridgehead atoms. The Kier molecular flexibility index (Phi) is 6.84. The van der Waals surface area contributed by atoms with E-state index in [-0.39, 0.29) is 11.6 Å². The number of hydrogen-bond acceptors (Lipinski definition) is 5. The summed E-state index contributed by atoms with van der Waals surface area (Å²) in [5.41, 5.74) is 1.47. The van der Waals surface area contributed by atoms with Gasteiger partial charge in [0.15, 0.2) is 13.2 Å². The molecule has 0 aliphatic rings. The Labute approximate surface area is 160 Å². The van der Waals surface area contributed by atoms with E-state index in [9.17, 15) is 9.59 Å². The third-order valence-corrected chi connectivity index (χ3v) is 3.77. The molecule has 134 valence electrons. The molecule has 0 heterocycles. The predicted molar refractivity (Wildman–Crippen MR) is 97.4 cm³/mol. The fraction of sp³-hybridized carbons (Fsp3) is 0.167. The van der Waals surface area contributed by atoms with Crippen molar-refractivity contribution in [2.24, 2.45) is 0 Å². The Hall–Kier alpha value is -2.75. The lowest BCUT2D eigenvalue weighted by Gasteiger charge is -2.10. The van der Waals surface area contributed by atoms with Crippen molar-refractivity contribution in [1.82, 2.24) is 0 Å². The number of nitriles is 1. The highest BCUT2D eigenvalue weighted by Gasteiger charge is 2.11. The van der Waals surface area contributed by atoms with Crippen molar-refractivity contribution < 1.29 is 19.1 Å². The van der Waals surface area contributed by atoms with Crippen LogP contribution in [0.5, 0.6) is 5.75 Å². The molecule has 0 saturated heterocycles. The van der Waals surface area contributed by atoms with Gasteiger partial charge in [-0.1, -0.05) is 23.2 Å². The Morgan fingerprint density at radius 1 is 1.15 bits per heavy atom. The molecule has 0 unspecified atom stereocenters. The zero-order valence-electron chi connectivity index (χ0n) is 13.7. The van der Waals surface area contributed by atoms with Crippen LogP contribution in [-0.4, -0.2) is 25.1 Å². The van der Waals surface area contributed by atoms with Gasteiger partial charge in [-0.25, -0.2) is 4.79 Å². The minimum Gasteiger partial charge on any atom is -0.482 e. The van der Waals surface area contributed by atoms with Gasteiger partial charge in [-0.05, 0) is 48.9 Å². The van der Waals surface area contributed by atoms with E-state index in [0.717, 1.165) is 5.56 Å². The van der Waals surface area contributed by atoms with E-state index in [4.69, 9.17) is 37.9 Å². The van der Waals surface area contributed by atoms with Crippen LogP contribution in [-0.2, 0) is 14.3 Å². The van der Waals surface area contributed by atoms with Gasteiger partial charge in [0.05, 0.1) is 10.6 Å². The average Bonchev–Trinajstić information content (AvgIpc) is 2.59. The summed E-state index contributed by atoms with van der Waals surface area (Å²) in [5.74, 6) is -0.725. The fourth-order valence-electron chi connectivity index (χ4n) is 1.98. The largest absolute Gasteiger partial charge is 0.482 e. The molecule has 0 aliphatic heterocycles. The summed E-state index contributed by atoms with van der Waals surface area (Å²) in [6.07, 6.45) is 0. The van der Waals surface area contributed by atoms with Crippen LogP contribution >= 0.6 is 23.2 Å². The van der Waals surface area contributed by atoms with Crippen molar-refractivity contribution in [2.45, 2.75) is 6.92 Å². The van der Waals surface area contributed by atoms with Gasteiger partial charge >= 0.3 is 5.97 Å². The molecule has 2 aromatic carbocycles. The molecule has 6 nitrogen and oxygen atoms in total. The molecule has 0 atom stereocenters. The summed E-state index contributed by atoms with van der Waals surface area (Å²) in [6, 6.07) is 11.4. The Bertz CT molecular complexity index is 878. The molecule has 0 aliphatic carbocycles. The molecular weight excluding hydrogens is 379 g/mol. The lowest BCUT2D eigenvalue weighted by Crippen LogP contribution is -2.23. The number of nitrogens with one attached hydrogen (secondary N) is 1. The van der Waals surface area contributed by atoms with E-state index in [0.29, 0.717) is 22.0 Å². The third kappa shape index (κ3) is 5.66. The molecule has 26 heavy (non-hydrogen) atoms. The Balaban J connectivity index is 1.79. The first kappa shape index (κ1) is 19.6. The Morgan fingerprint density at radius 2 is 1.92 bits per heavy atom. The molecule has 0 spiro atoms. The van der Waals surface area contributed by atoms with Gasteiger partial charge in [-0.2, -0.15) is 5.26 Å². The standard InChI is InChI=1S/C18H14Cl2N2O4/c1-11-6-13(19)3-5-16(11)25-10-18(24)26-9-17(23)22-14-4-2-12(8-21)15(20)7-14/h2-7H,9-10H2,1H3,(H,22,23). The van der Waals surface area contributed by atoms with Crippen LogP contribution in [0.1, 0.15) is 11.1 Å². The number of ether oxygens (including phenoxy) is 2. The number of benzene rings is 2. The third-order valence-electron chi connectivity index (χ3n) is 3.22. The van der Waals surface area contributed by atoms with Crippen LogP contribution < -0.4 is 10.1 Å². The Morgan fingerprint density at radius 3 is 2.58 bits per heavy atom. The van der Waals surface area contributed by atoms with Crippen molar-refractivity contribution in [1.29, 1.82) is 5.26 Å². The van der Waals surface area contributed by atoms with Gasteiger partial charge in [0.25, 0.3) is 5.91 Å². The second-order valence-electron chi connectivity index (χ2n) is 5.21. The van der Waals surface area contributed by atoms with Crippen LogP contribution in [0, 0.1) is 18.3 Å². The fourth-order valence-corrected chi connectivity index (χ4v) is 2.43. The van der Waals surface area contributed by atoms with Gasteiger partial charge in [-0.15, -0.1) is 0 Å². The zero-order chi connectivity index (χ0) is 19.1. The maximum atomic E-state index is 11.8. The molecule has 0 fully saturated rings. The second-order valence-corrected chi connectivity index (χ2v) is 6.06. The number of rotatable bonds is 6. The quantitative estimate of drug-likeness (QED) is 0.756. The van der Waals surface area contributed by atoms with Crippen molar-refractivity contribution in [2.75, 3.05) is 18.5 Å². The lowest BCUT2D eigenvalue weighted by molar-refractivity contribution is -0.149. The predicted octanol–water partition coefficient (Wildman–Crippen LogP) is 3.73. The number of hydrogen-bond donors (Lipinski definition) is 1. The van der Waals surface area contributed by atoms with Crippen LogP contribution in [0.15, 0.2) is 36.4 Å². The highest BCUT2D eigenvalue weighted by Crippen LogP contribution is 2.22. The van der Waals surface area contributed by atoms with Crippen molar-refractivity contribution in [3.05, 3.63) is 57.6 Å². The minimum absolute atomic E-state index is 0.217. The summed E-state index contributed by atoms with van der Waals surface area (Å²) in [6.45, 7) is 0.987. The monoisotopic (exact) mass is 392 g/mol. The number of nitrogens with zero attached hydrogens (tertiary/aromatic N) is 1. The van der Waals surface area contributed by atoms with Crippen LogP contribution in [0.3, 0.4) is 0 Å². The summed E-state index contributed by atoms with van der Waals surface area (Å²) in [5, 5.41) is 12.1. The molecule has 2 aromatic rings. The average molecular weight is 393 g/mol. The molecule has 1 N–H and O–H groups in total. The SMILES string of the molecule is Cc1cc(Cl)ccc1OCC(=O)OCC(=O)Nc1ccc(C#N)c(Cl)c1. The highest BCUT2D eigenvalue weighted by atomic mass is 35.5.